The Bertz CT molecular complexity index is 320. The van der Waals surface area contributed by atoms with Crippen LogP contribution in [-0.4, -0.2) is 29.8 Å². The van der Waals surface area contributed by atoms with Crippen molar-refractivity contribution < 1.29 is 4.52 Å². The minimum atomic E-state index is 0.766. The maximum atomic E-state index is 5.45. The van der Waals surface area contributed by atoms with Crippen molar-refractivity contribution in [1.29, 1.82) is 0 Å². The number of hydrogen-bond acceptors (Lipinski definition) is 5. The molecule has 0 aliphatic carbocycles. The minimum absolute atomic E-state index is 0.766. The SMILES string of the molecule is NCCCCCc1nc(N2CCCCC2)no1. The van der Waals surface area contributed by atoms with Crippen LogP contribution in [0.5, 0.6) is 0 Å². The fourth-order valence-electron chi connectivity index (χ4n) is 2.17. The van der Waals surface area contributed by atoms with Crippen LogP contribution in [0.1, 0.15) is 44.4 Å². The number of nitrogens with two attached hydrogens (primary N) is 1. The second-order valence-corrected chi connectivity index (χ2v) is 4.64. The summed E-state index contributed by atoms with van der Waals surface area (Å²) in [5.74, 6) is 1.54. The molecular formula is C12H22N4O. The summed E-state index contributed by atoms with van der Waals surface area (Å²) in [6.07, 6.45) is 7.96. The van der Waals surface area contributed by atoms with Gasteiger partial charge in [-0.2, -0.15) is 4.98 Å². The van der Waals surface area contributed by atoms with Gasteiger partial charge in [-0.05, 0) is 43.8 Å². The fourth-order valence-corrected chi connectivity index (χ4v) is 2.17. The molecule has 96 valence electrons. The smallest absolute Gasteiger partial charge is 0.266 e. The van der Waals surface area contributed by atoms with Crippen molar-refractivity contribution in [2.24, 2.45) is 5.73 Å². The second-order valence-electron chi connectivity index (χ2n) is 4.64. The summed E-state index contributed by atoms with van der Waals surface area (Å²) < 4.78 is 5.26. The van der Waals surface area contributed by atoms with Gasteiger partial charge in [0.05, 0.1) is 0 Å². The van der Waals surface area contributed by atoms with Crippen molar-refractivity contribution in [2.45, 2.75) is 44.9 Å². The van der Waals surface area contributed by atoms with Crippen LogP contribution in [-0.2, 0) is 6.42 Å². The van der Waals surface area contributed by atoms with Gasteiger partial charge >= 0.3 is 0 Å². The standard InChI is InChI=1S/C12H22N4O/c13-8-4-1-3-7-11-14-12(15-17-11)16-9-5-2-6-10-16/h1-10,13H2. The minimum Gasteiger partial charge on any atom is -0.338 e. The first-order chi connectivity index (χ1) is 8.40. The first kappa shape index (κ1) is 12.4. The predicted molar refractivity (Wildman–Crippen MR) is 67.0 cm³/mol. The Morgan fingerprint density at radius 2 is 1.94 bits per heavy atom. The van der Waals surface area contributed by atoms with Gasteiger partial charge in [-0.1, -0.05) is 6.42 Å². The summed E-state index contributed by atoms with van der Waals surface area (Å²) in [7, 11) is 0. The molecule has 0 amide bonds. The van der Waals surface area contributed by atoms with E-state index in [1.807, 2.05) is 0 Å². The molecule has 2 rings (SSSR count). The molecule has 1 aliphatic rings. The third-order valence-electron chi connectivity index (χ3n) is 3.19. The van der Waals surface area contributed by atoms with E-state index in [2.05, 4.69) is 15.0 Å². The van der Waals surface area contributed by atoms with Crippen LogP contribution in [0, 0.1) is 0 Å². The third kappa shape index (κ3) is 3.70. The van der Waals surface area contributed by atoms with E-state index in [0.29, 0.717) is 0 Å². The lowest BCUT2D eigenvalue weighted by atomic mass is 10.1. The van der Waals surface area contributed by atoms with E-state index < -0.39 is 0 Å². The summed E-state index contributed by atoms with van der Waals surface area (Å²) in [6, 6.07) is 0. The Hall–Kier alpha value is -1.10. The molecule has 1 aliphatic heterocycles. The van der Waals surface area contributed by atoms with Gasteiger partial charge in [-0.25, -0.2) is 0 Å². The molecule has 0 atom stereocenters. The maximum Gasteiger partial charge on any atom is 0.266 e. The monoisotopic (exact) mass is 238 g/mol. The molecule has 0 spiro atoms. The van der Waals surface area contributed by atoms with E-state index in [4.69, 9.17) is 10.3 Å². The Morgan fingerprint density at radius 3 is 2.71 bits per heavy atom. The summed E-state index contributed by atoms with van der Waals surface area (Å²) in [4.78, 5) is 6.67. The first-order valence-electron chi connectivity index (χ1n) is 6.68. The van der Waals surface area contributed by atoms with Crippen molar-refractivity contribution in [2.75, 3.05) is 24.5 Å². The highest BCUT2D eigenvalue weighted by molar-refractivity contribution is 5.27. The van der Waals surface area contributed by atoms with Crippen molar-refractivity contribution in [3.05, 3.63) is 5.89 Å². The summed E-state index contributed by atoms with van der Waals surface area (Å²) in [5, 5.41) is 4.05. The lowest BCUT2D eigenvalue weighted by Gasteiger charge is -2.24. The van der Waals surface area contributed by atoms with Gasteiger partial charge in [0.1, 0.15) is 0 Å². The molecule has 17 heavy (non-hydrogen) atoms. The summed E-state index contributed by atoms with van der Waals surface area (Å²) >= 11 is 0. The molecule has 0 unspecified atom stereocenters. The van der Waals surface area contributed by atoms with Gasteiger partial charge < -0.3 is 15.2 Å². The van der Waals surface area contributed by atoms with Gasteiger partial charge in [0, 0.05) is 19.5 Å². The summed E-state index contributed by atoms with van der Waals surface area (Å²) in [6.45, 7) is 2.89. The molecule has 0 radical (unpaired) electrons. The summed E-state index contributed by atoms with van der Waals surface area (Å²) in [5.41, 5.74) is 5.45. The molecule has 2 N–H and O–H groups in total. The lowest BCUT2D eigenvalue weighted by Crippen LogP contribution is -2.30. The number of aromatic nitrogens is 2. The lowest BCUT2D eigenvalue weighted by molar-refractivity contribution is 0.372. The zero-order chi connectivity index (χ0) is 11.9. The van der Waals surface area contributed by atoms with Crippen LogP contribution in [0.15, 0.2) is 4.52 Å². The van der Waals surface area contributed by atoms with Crippen molar-refractivity contribution in [3.63, 3.8) is 0 Å². The predicted octanol–water partition coefficient (Wildman–Crippen LogP) is 1.73. The first-order valence-corrected chi connectivity index (χ1v) is 6.68. The largest absolute Gasteiger partial charge is 0.338 e. The molecule has 1 aromatic rings. The Kier molecular flexibility index (Phi) is 4.79. The number of hydrogen-bond donors (Lipinski definition) is 1. The quantitative estimate of drug-likeness (QED) is 0.764. The molecule has 2 heterocycles. The number of aryl methyl sites for hydroxylation is 1. The fraction of sp³-hybridized carbons (Fsp3) is 0.833. The van der Waals surface area contributed by atoms with E-state index in [0.717, 1.165) is 57.2 Å². The Balaban J connectivity index is 1.78. The molecule has 0 aromatic carbocycles. The van der Waals surface area contributed by atoms with E-state index in [1.165, 1.54) is 19.3 Å². The highest BCUT2D eigenvalue weighted by Crippen LogP contribution is 2.16. The Morgan fingerprint density at radius 1 is 1.12 bits per heavy atom. The van der Waals surface area contributed by atoms with Gasteiger partial charge in [0.15, 0.2) is 0 Å². The maximum absolute atomic E-state index is 5.45. The highest BCUT2D eigenvalue weighted by Gasteiger charge is 2.16. The Labute approximate surface area is 102 Å². The van der Waals surface area contributed by atoms with Crippen molar-refractivity contribution >= 4 is 5.95 Å². The van der Waals surface area contributed by atoms with Gasteiger partial charge in [0.2, 0.25) is 5.89 Å². The van der Waals surface area contributed by atoms with E-state index in [9.17, 15) is 0 Å². The number of unbranched alkanes of at least 4 members (excludes halogenated alkanes) is 2. The van der Waals surface area contributed by atoms with Crippen LogP contribution < -0.4 is 10.6 Å². The van der Waals surface area contributed by atoms with Crippen LogP contribution in [0.2, 0.25) is 0 Å². The molecule has 1 fully saturated rings. The van der Waals surface area contributed by atoms with Crippen LogP contribution in [0.4, 0.5) is 5.95 Å². The zero-order valence-electron chi connectivity index (χ0n) is 10.4. The average molecular weight is 238 g/mol. The second kappa shape index (κ2) is 6.59. The zero-order valence-corrected chi connectivity index (χ0v) is 10.4. The normalized spacial score (nSPS) is 16.4. The molecule has 5 heteroatoms. The van der Waals surface area contributed by atoms with Crippen LogP contribution >= 0.6 is 0 Å². The van der Waals surface area contributed by atoms with E-state index in [1.54, 1.807) is 0 Å². The highest BCUT2D eigenvalue weighted by atomic mass is 16.5. The van der Waals surface area contributed by atoms with Gasteiger partial charge in [-0.15, -0.1) is 0 Å². The molecular weight excluding hydrogens is 216 g/mol. The van der Waals surface area contributed by atoms with Crippen molar-refractivity contribution in [1.82, 2.24) is 10.1 Å². The van der Waals surface area contributed by atoms with Crippen LogP contribution in [0.3, 0.4) is 0 Å². The number of nitrogens with zero attached hydrogens (tertiary/aromatic N) is 3. The number of rotatable bonds is 6. The molecule has 1 aromatic heterocycles. The number of anilines is 1. The van der Waals surface area contributed by atoms with Crippen LogP contribution in [0.25, 0.3) is 0 Å². The average Bonchev–Trinajstić information content (AvgIpc) is 2.85. The van der Waals surface area contributed by atoms with E-state index in [-0.39, 0.29) is 0 Å². The topological polar surface area (TPSA) is 68.2 Å². The van der Waals surface area contributed by atoms with E-state index >= 15 is 0 Å². The molecule has 5 nitrogen and oxygen atoms in total. The van der Waals surface area contributed by atoms with Gasteiger partial charge in [-0.3, -0.25) is 0 Å². The molecule has 0 saturated carbocycles. The number of piperidine rings is 1. The molecule has 1 saturated heterocycles. The third-order valence-corrected chi connectivity index (χ3v) is 3.19. The van der Waals surface area contributed by atoms with Gasteiger partial charge in [0.25, 0.3) is 5.95 Å². The van der Waals surface area contributed by atoms with Crippen molar-refractivity contribution in [3.8, 4) is 0 Å². The molecule has 0 bridgehead atoms.